The number of piperidine rings is 1. The van der Waals surface area contributed by atoms with Crippen LogP contribution >= 0.6 is 24.8 Å². The van der Waals surface area contributed by atoms with Crippen LogP contribution in [0.4, 0.5) is 0 Å². The van der Waals surface area contributed by atoms with Gasteiger partial charge in [0.25, 0.3) is 0 Å². The first-order valence-corrected chi connectivity index (χ1v) is 8.44. The minimum Gasteiger partial charge on any atom is -0.492 e. The van der Waals surface area contributed by atoms with E-state index in [4.69, 9.17) is 4.74 Å². The standard InChI is InChI=1S/C18H30N2O.2ClH/c1-3-19(4-2)16-17-10-12-20(13-11-17)14-15-21-18-8-6-5-7-9-18;;/h5-9,17H,3-4,10-16H2,1-2H3;2*1H. The lowest BCUT2D eigenvalue weighted by molar-refractivity contribution is 0.132. The molecule has 2 rings (SSSR count). The molecule has 5 heteroatoms. The summed E-state index contributed by atoms with van der Waals surface area (Å²) in [4.78, 5) is 5.10. The average molecular weight is 363 g/mol. The minimum atomic E-state index is 0. The molecule has 0 aliphatic carbocycles. The van der Waals surface area contributed by atoms with Crippen LogP contribution in [0.2, 0.25) is 0 Å². The van der Waals surface area contributed by atoms with Crippen molar-refractivity contribution < 1.29 is 4.74 Å². The molecule has 3 nitrogen and oxygen atoms in total. The fraction of sp³-hybridized carbons (Fsp3) is 0.667. The Morgan fingerprint density at radius 2 is 1.65 bits per heavy atom. The van der Waals surface area contributed by atoms with Gasteiger partial charge in [0, 0.05) is 13.1 Å². The van der Waals surface area contributed by atoms with Crippen LogP contribution in [0.25, 0.3) is 0 Å². The zero-order valence-corrected chi connectivity index (χ0v) is 16.1. The Hall–Kier alpha value is -0.480. The van der Waals surface area contributed by atoms with Gasteiger partial charge < -0.3 is 9.64 Å². The van der Waals surface area contributed by atoms with Crippen molar-refractivity contribution in [2.75, 3.05) is 45.9 Å². The Balaban J connectivity index is 0.00000242. The summed E-state index contributed by atoms with van der Waals surface area (Å²) in [7, 11) is 0. The normalized spacial score (nSPS) is 15.8. The minimum absolute atomic E-state index is 0. The van der Waals surface area contributed by atoms with Crippen molar-refractivity contribution in [2.24, 2.45) is 5.92 Å². The summed E-state index contributed by atoms with van der Waals surface area (Å²) >= 11 is 0. The Kier molecular flexibility index (Phi) is 12.6. The molecule has 1 aromatic rings. The number of likely N-dealkylation sites (tertiary alicyclic amines) is 1. The number of rotatable bonds is 8. The molecule has 1 saturated heterocycles. The second kappa shape index (κ2) is 12.9. The van der Waals surface area contributed by atoms with E-state index in [-0.39, 0.29) is 24.8 Å². The summed E-state index contributed by atoms with van der Waals surface area (Å²) in [6.45, 7) is 12.5. The van der Waals surface area contributed by atoms with Gasteiger partial charge in [0.2, 0.25) is 0 Å². The predicted molar refractivity (Wildman–Crippen MR) is 103 cm³/mol. The first kappa shape index (κ1) is 22.5. The van der Waals surface area contributed by atoms with Crippen molar-refractivity contribution in [1.29, 1.82) is 0 Å². The molecule has 134 valence electrons. The average Bonchev–Trinajstić information content (AvgIpc) is 2.55. The molecule has 1 aromatic carbocycles. The topological polar surface area (TPSA) is 15.7 Å². The molecule has 1 fully saturated rings. The van der Waals surface area contributed by atoms with E-state index in [0.29, 0.717) is 0 Å². The first-order valence-electron chi connectivity index (χ1n) is 8.44. The van der Waals surface area contributed by atoms with Gasteiger partial charge in [-0.2, -0.15) is 0 Å². The molecule has 0 spiro atoms. The maximum atomic E-state index is 5.79. The molecule has 1 aliphatic heterocycles. The lowest BCUT2D eigenvalue weighted by atomic mass is 9.96. The summed E-state index contributed by atoms with van der Waals surface area (Å²) in [5.41, 5.74) is 0. The van der Waals surface area contributed by atoms with Crippen molar-refractivity contribution in [3.05, 3.63) is 30.3 Å². The highest BCUT2D eigenvalue weighted by molar-refractivity contribution is 5.85. The largest absolute Gasteiger partial charge is 0.492 e. The summed E-state index contributed by atoms with van der Waals surface area (Å²) in [6, 6.07) is 10.1. The zero-order valence-electron chi connectivity index (χ0n) is 14.4. The van der Waals surface area contributed by atoms with Crippen LogP contribution in [0.1, 0.15) is 26.7 Å². The summed E-state index contributed by atoms with van der Waals surface area (Å²) in [5.74, 6) is 1.87. The van der Waals surface area contributed by atoms with Crippen molar-refractivity contribution in [3.63, 3.8) is 0 Å². The molecule has 0 N–H and O–H groups in total. The number of para-hydroxylation sites is 1. The maximum Gasteiger partial charge on any atom is 0.119 e. The van der Waals surface area contributed by atoms with Crippen molar-refractivity contribution in [3.8, 4) is 5.75 Å². The van der Waals surface area contributed by atoms with E-state index < -0.39 is 0 Å². The number of halogens is 2. The fourth-order valence-corrected chi connectivity index (χ4v) is 3.05. The molecule has 0 aromatic heterocycles. The third-order valence-electron chi connectivity index (χ3n) is 4.54. The third-order valence-corrected chi connectivity index (χ3v) is 4.54. The van der Waals surface area contributed by atoms with Crippen LogP contribution in [-0.2, 0) is 0 Å². The van der Waals surface area contributed by atoms with Crippen LogP contribution in [0.5, 0.6) is 5.75 Å². The first-order chi connectivity index (χ1) is 10.3. The molecule has 1 heterocycles. The zero-order chi connectivity index (χ0) is 14.9. The SMILES string of the molecule is CCN(CC)CC1CCN(CCOc2ccccc2)CC1.Cl.Cl. The fourth-order valence-electron chi connectivity index (χ4n) is 3.05. The molecular formula is C18H32Cl2N2O. The molecular weight excluding hydrogens is 331 g/mol. The Bertz CT molecular complexity index is 380. The number of hydrogen-bond acceptors (Lipinski definition) is 3. The van der Waals surface area contributed by atoms with E-state index in [1.165, 1.54) is 45.6 Å². The smallest absolute Gasteiger partial charge is 0.119 e. The molecule has 0 atom stereocenters. The Labute approximate surface area is 154 Å². The highest BCUT2D eigenvalue weighted by atomic mass is 35.5. The second-order valence-corrected chi connectivity index (χ2v) is 5.93. The van der Waals surface area contributed by atoms with E-state index in [0.717, 1.165) is 24.8 Å². The van der Waals surface area contributed by atoms with Crippen LogP contribution in [-0.4, -0.2) is 55.7 Å². The van der Waals surface area contributed by atoms with Gasteiger partial charge in [0.15, 0.2) is 0 Å². The molecule has 0 saturated carbocycles. The quantitative estimate of drug-likeness (QED) is 0.695. The van der Waals surface area contributed by atoms with Crippen LogP contribution in [0.15, 0.2) is 30.3 Å². The molecule has 23 heavy (non-hydrogen) atoms. The maximum absolute atomic E-state index is 5.79. The monoisotopic (exact) mass is 362 g/mol. The van der Waals surface area contributed by atoms with Crippen molar-refractivity contribution in [2.45, 2.75) is 26.7 Å². The lowest BCUT2D eigenvalue weighted by Gasteiger charge is -2.34. The Morgan fingerprint density at radius 1 is 1.04 bits per heavy atom. The van der Waals surface area contributed by atoms with E-state index in [1.54, 1.807) is 0 Å². The van der Waals surface area contributed by atoms with Crippen LogP contribution < -0.4 is 4.74 Å². The van der Waals surface area contributed by atoms with Crippen molar-refractivity contribution in [1.82, 2.24) is 9.80 Å². The predicted octanol–water partition coefficient (Wildman–Crippen LogP) is 3.96. The number of benzene rings is 1. The second-order valence-electron chi connectivity index (χ2n) is 5.93. The van der Waals surface area contributed by atoms with E-state index in [1.807, 2.05) is 30.3 Å². The van der Waals surface area contributed by atoms with Crippen molar-refractivity contribution >= 4 is 24.8 Å². The molecule has 0 unspecified atom stereocenters. The van der Waals surface area contributed by atoms with Gasteiger partial charge in [0.1, 0.15) is 12.4 Å². The number of ether oxygens (including phenoxy) is 1. The van der Waals surface area contributed by atoms with E-state index >= 15 is 0 Å². The van der Waals surface area contributed by atoms with Crippen LogP contribution in [0, 0.1) is 5.92 Å². The highest BCUT2D eigenvalue weighted by Crippen LogP contribution is 2.18. The van der Waals surface area contributed by atoms with Gasteiger partial charge in [-0.15, -0.1) is 24.8 Å². The van der Waals surface area contributed by atoms with Gasteiger partial charge in [0.05, 0.1) is 0 Å². The molecule has 0 radical (unpaired) electrons. The summed E-state index contributed by atoms with van der Waals surface area (Å²) < 4.78 is 5.79. The van der Waals surface area contributed by atoms with E-state index in [2.05, 4.69) is 23.6 Å². The van der Waals surface area contributed by atoms with Gasteiger partial charge in [-0.1, -0.05) is 32.0 Å². The van der Waals surface area contributed by atoms with Gasteiger partial charge in [-0.05, 0) is 57.1 Å². The van der Waals surface area contributed by atoms with E-state index in [9.17, 15) is 0 Å². The van der Waals surface area contributed by atoms with Gasteiger partial charge >= 0.3 is 0 Å². The highest BCUT2D eigenvalue weighted by Gasteiger charge is 2.20. The van der Waals surface area contributed by atoms with Crippen LogP contribution in [0.3, 0.4) is 0 Å². The molecule has 1 aliphatic rings. The van der Waals surface area contributed by atoms with Gasteiger partial charge in [-0.25, -0.2) is 0 Å². The lowest BCUT2D eigenvalue weighted by Crippen LogP contribution is -2.40. The Morgan fingerprint density at radius 3 is 2.22 bits per heavy atom. The number of nitrogens with zero attached hydrogens (tertiary/aromatic N) is 2. The molecule has 0 amide bonds. The third kappa shape index (κ3) is 8.25. The summed E-state index contributed by atoms with van der Waals surface area (Å²) in [6.07, 6.45) is 2.67. The summed E-state index contributed by atoms with van der Waals surface area (Å²) in [5, 5.41) is 0. The number of hydrogen-bond donors (Lipinski definition) is 0. The van der Waals surface area contributed by atoms with Gasteiger partial charge in [-0.3, -0.25) is 4.90 Å². The molecule has 0 bridgehead atoms.